The smallest absolute Gasteiger partial charge is 0.253 e. The molecule has 1 atom stereocenters. The van der Waals surface area contributed by atoms with Crippen molar-refractivity contribution in [2.45, 2.75) is 18.9 Å². The van der Waals surface area contributed by atoms with Gasteiger partial charge in [-0.25, -0.2) is 0 Å². The van der Waals surface area contributed by atoms with Crippen molar-refractivity contribution < 1.29 is 19.0 Å². The Balaban J connectivity index is 1.63. The lowest BCUT2D eigenvalue weighted by molar-refractivity contribution is -0.124. The minimum atomic E-state index is -0.334. The number of carbonyl (C=O) groups excluding carboxylic acids is 1. The fourth-order valence-corrected chi connectivity index (χ4v) is 2.44. The summed E-state index contributed by atoms with van der Waals surface area (Å²) in [6.45, 7) is 0.657. The molecule has 0 bridgehead atoms. The molecular formula is C18H19NO4. The van der Waals surface area contributed by atoms with Crippen LogP contribution in [-0.2, 0) is 9.53 Å². The van der Waals surface area contributed by atoms with Crippen LogP contribution in [0.2, 0.25) is 0 Å². The molecule has 5 nitrogen and oxygen atoms in total. The highest BCUT2D eigenvalue weighted by atomic mass is 16.5. The highest BCUT2D eigenvalue weighted by Gasteiger charge is 2.23. The molecule has 1 amide bonds. The number of hydrogen-bond donors (Lipinski definition) is 1. The number of hydrogen-bond acceptors (Lipinski definition) is 4. The number of carbonyl (C=O) groups is 1. The average Bonchev–Trinajstić information content (AvgIpc) is 3.12. The van der Waals surface area contributed by atoms with Crippen LogP contribution >= 0.6 is 0 Å². The standard InChI is InChI=1S/C18H19NO4/c1-21-15-5-2-3-6-16(15)23-14-10-8-13(9-11-14)19-18(20)17-7-4-12-22-17/h2-3,5-6,8-11,17H,4,7,12H2,1H3,(H,19,20). The Bertz CT molecular complexity index is 663. The minimum absolute atomic E-state index is 0.0964. The highest BCUT2D eigenvalue weighted by molar-refractivity contribution is 5.94. The van der Waals surface area contributed by atoms with Crippen molar-refractivity contribution in [3.63, 3.8) is 0 Å². The monoisotopic (exact) mass is 313 g/mol. The van der Waals surface area contributed by atoms with Crippen molar-refractivity contribution in [1.29, 1.82) is 0 Å². The van der Waals surface area contributed by atoms with Crippen LogP contribution in [0.15, 0.2) is 48.5 Å². The fourth-order valence-electron chi connectivity index (χ4n) is 2.44. The van der Waals surface area contributed by atoms with E-state index < -0.39 is 0 Å². The van der Waals surface area contributed by atoms with Gasteiger partial charge in [-0.05, 0) is 49.2 Å². The summed E-state index contributed by atoms with van der Waals surface area (Å²) in [7, 11) is 1.60. The Morgan fingerprint density at radius 1 is 1.13 bits per heavy atom. The zero-order chi connectivity index (χ0) is 16.1. The zero-order valence-electron chi connectivity index (χ0n) is 13.0. The third-order valence-corrected chi connectivity index (χ3v) is 3.64. The molecule has 0 radical (unpaired) electrons. The molecule has 1 aliphatic heterocycles. The van der Waals surface area contributed by atoms with Gasteiger partial charge in [0.1, 0.15) is 11.9 Å². The summed E-state index contributed by atoms with van der Waals surface area (Å²) in [6.07, 6.45) is 1.38. The summed E-state index contributed by atoms with van der Waals surface area (Å²) in [4.78, 5) is 12.0. The molecule has 0 aliphatic carbocycles. The lowest BCUT2D eigenvalue weighted by Gasteiger charge is -2.12. The second-order valence-electron chi connectivity index (χ2n) is 5.27. The van der Waals surface area contributed by atoms with Crippen molar-refractivity contribution in [2.24, 2.45) is 0 Å². The third kappa shape index (κ3) is 3.81. The van der Waals surface area contributed by atoms with Gasteiger partial charge >= 0.3 is 0 Å². The first-order valence-electron chi connectivity index (χ1n) is 7.59. The van der Waals surface area contributed by atoms with E-state index in [-0.39, 0.29) is 12.0 Å². The van der Waals surface area contributed by atoms with Gasteiger partial charge in [0.2, 0.25) is 0 Å². The van der Waals surface area contributed by atoms with Gasteiger partial charge in [-0.1, -0.05) is 12.1 Å². The molecule has 23 heavy (non-hydrogen) atoms. The Morgan fingerprint density at radius 2 is 1.87 bits per heavy atom. The van der Waals surface area contributed by atoms with E-state index in [1.54, 1.807) is 31.4 Å². The molecular weight excluding hydrogens is 294 g/mol. The van der Waals surface area contributed by atoms with Crippen molar-refractivity contribution >= 4 is 11.6 Å². The summed E-state index contributed by atoms with van der Waals surface area (Å²) < 4.78 is 16.4. The molecule has 1 saturated heterocycles. The summed E-state index contributed by atoms with van der Waals surface area (Å²) in [6, 6.07) is 14.7. The molecule has 0 saturated carbocycles. The van der Waals surface area contributed by atoms with Gasteiger partial charge in [0.15, 0.2) is 11.5 Å². The number of para-hydroxylation sites is 2. The van der Waals surface area contributed by atoms with E-state index in [2.05, 4.69) is 5.32 Å². The molecule has 1 aliphatic rings. The van der Waals surface area contributed by atoms with E-state index in [0.29, 0.717) is 23.9 Å². The van der Waals surface area contributed by atoms with Crippen molar-refractivity contribution in [3.05, 3.63) is 48.5 Å². The van der Waals surface area contributed by atoms with Gasteiger partial charge in [0, 0.05) is 12.3 Å². The zero-order valence-corrected chi connectivity index (χ0v) is 13.0. The first-order valence-corrected chi connectivity index (χ1v) is 7.59. The Morgan fingerprint density at radius 3 is 2.52 bits per heavy atom. The van der Waals surface area contributed by atoms with Crippen LogP contribution in [0.1, 0.15) is 12.8 Å². The number of nitrogens with one attached hydrogen (secondary N) is 1. The van der Waals surface area contributed by atoms with Crippen molar-refractivity contribution in [1.82, 2.24) is 0 Å². The summed E-state index contributed by atoms with van der Waals surface area (Å²) in [5.74, 6) is 1.89. The van der Waals surface area contributed by atoms with Crippen LogP contribution in [0.4, 0.5) is 5.69 Å². The molecule has 3 rings (SSSR count). The number of amides is 1. The van der Waals surface area contributed by atoms with Gasteiger partial charge < -0.3 is 19.5 Å². The molecule has 1 heterocycles. The first-order chi connectivity index (χ1) is 11.3. The molecule has 1 unspecified atom stereocenters. The van der Waals surface area contributed by atoms with Crippen molar-refractivity contribution in [2.75, 3.05) is 19.0 Å². The lowest BCUT2D eigenvalue weighted by atomic mass is 10.2. The maximum absolute atomic E-state index is 12.0. The van der Waals surface area contributed by atoms with Gasteiger partial charge in [-0.2, -0.15) is 0 Å². The Hall–Kier alpha value is -2.53. The second kappa shape index (κ2) is 7.15. The molecule has 120 valence electrons. The molecule has 0 aromatic heterocycles. The number of ether oxygens (including phenoxy) is 3. The van der Waals surface area contributed by atoms with E-state index in [1.165, 1.54) is 0 Å². The number of benzene rings is 2. The molecule has 2 aromatic rings. The lowest BCUT2D eigenvalue weighted by Crippen LogP contribution is -2.26. The molecule has 1 fully saturated rings. The Labute approximate surface area is 135 Å². The van der Waals surface area contributed by atoms with E-state index in [1.807, 2.05) is 24.3 Å². The van der Waals surface area contributed by atoms with Gasteiger partial charge in [-0.3, -0.25) is 4.79 Å². The van der Waals surface area contributed by atoms with E-state index in [4.69, 9.17) is 14.2 Å². The quantitative estimate of drug-likeness (QED) is 0.916. The molecule has 2 aromatic carbocycles. The number of rotatable bonds is 5. The van der Waals surface area contributed by atoms with Crippen LogP contribution in [0.3, 0.4) is 0 Å². The van der Waals surface area contributed by atoms with Crippen LogP contribution < -0.4 is 14.8 Å². The SMILES string of the molecule is COc1ccccc1Oc1ccc(NC(=O)C2CCCO2)cc1. The maximum atomic E-state index is 12.0. The number of anilines is 1. The predicted octanol–water partition coefficient (Wildman–Crippen LogP) is 3.61. The Kier molecular flexibility index (Phi) is 4.78. The van der Waals surface area contributed by atoms with Gasteiger partial charge in [-0.15, -0.1) is 0 Å². The molecule has 0 spiro atoms. The van der Waals surface area contributed by atoms with E-state index in [9.17, 15) is 4.79 Å². The van der Waals surface area contributed by atoms with Gasteiger partial charge in [0.05, 0.1) is 7.11 Å². The third-order valence-electron chi connectivity index (χ3n) is 3.64. The summed E-state index contributed by atoms with van der Waals surface area (Å²) in [5, 5.41) is 2.85. The van der Waals surface area contributed by atoms with Crippen LogP contribution in [0, 0.1) is 0 Å². The fraction of sp³-hybridized carbons (Fsp3) is 0.278. The number of methoxy groups -OCH3 is 1. The normalized spacial score (nSPS) is 16.8. The predicted molar refractivity (Wildman–Crippen MR) is 87.1 cm³/mol. The molecule has 1 N–H and O–H groups in total. The van der Waals surface area contributed by atoms with E-state index in [0.717, 1.165) is 18.5 Å². The topological polar surface area (TPSA) is 56.8 Å². The second-order valence-corrected chi connectivity index (χ2v) is 5.27. The highest BCUT2D eigenvalue weighted by Crippen LogP contribution is 2.31. The summed E-state index contributed by atoms with van der Waals surface area (Å²) in [5.41, 5.74) is 0.720. The van der Waals surface area contributed by atoms with Crippen molar-refractivity contribution in [3.8, 4) is 17.2 Å². The maximum Gasteiger partial charge on any atom is 0.253 e. The van der Waals surface area contributed by atoms with Crippen LogP contribution in [-0.4, -0.2) is 25.7 Å². The molecule has 5 heteroatoms. The summed E-state index contributed by atoms with van der Waals surface area (Å²) >= 11 is 0. The first kappa shape index (κ1) is 15.4. The van der Waals surface area contributed by atoms with Gasteiger partial charge in [0.25, 0.3) is 5.91 Å². The van der Waals surface area contributed by atoms with E-state index >= 15 is 0 Å². The minimum Gasteiger partial charge on any atom is -0.493 e. The van der Waals surface area contributed by atoms with Crippen LogP contribution in [0.5, 0.6) is 17.2 Å². The largest absolute Gasteiger partial charge is 0.493 e. The average molecular weight is 313 g/mol. The van der Waals surface area contributed by atoms with Crippen LogP contribution in [0.25, 0.3) is 0 Å².